The summed E-state index contributed by atoms with van der Waals surface area (Å²) in [7, 11) is 2.20. The number of benzene rings is 3. The summed E-state index contributed by atoms with van der Waals surface area (Å²) in [5.74, 6) is -6.19. The Morgan fingerprint density at radius 2 is 1.55 bits per heavy atom. The van der Waals surface area contributed by atoms with Crippen molar-refractivity contribution in [3.8, 4) is 11.1 Å². The summed E-state index contributed by atoms with van der Waals surface area (Å²) in [4.78, 5) is 46.0. The zero-order chi connectivity index (χ0) is 41.0. The van der Waals surface area contributed by atoms with Crippen molar-refractivity contribution in [1.82, 2.24) is 20.4 Å². The van der Waals surface area contributed by atoms with Crippen molar-refractivity contribution in [1.29, 1.82) is 0 Å². The van der Waals surface area contributed by atoms with Crippen LogP contribution in [0.5, 0.6) is 0 Å². The van der Waals surface area contributed by atoms with E-state index >= 15 is 0 Å². The summed E-state index contributed by atoms with van der Waals surface area (Å²) in [5, 5.41) is 22.4. The van der Waals surface area contributed by atoms with Crippen LogP contribution in [0.25, 0.3) is 11.1 Å². The average Bonchev–Trinajstić information content (AvgIpc) is 3.11. The van der Waals surface area contributed by atoms with E-state index in [0.29, 0.717) is 23.7 Å². The predicted molar refractivity (Wildman–Crippen MR) is 184 cm³/mol. The monoisotopic (exact) mass is 785 g/mol. The Morgan fingerprint density at radius 3 is 2.13 bits per heavy atom. The number of piperazine rings is 2. The van der Waals surface area contributed by atoms with Crippen molar-refractivity contribution in [2.45, 2.75) is 45.0 Å². The van der Waals surface area contributed by atoms with Crippen LogP contribution in [0.2, 0.25) is 0 Å². The van der Waals surface area contributed by atoms with Crippen molar-refractivity contribution in [3.63, 3.8) is 0 Å². The van der Waals surface area contributed by atoms with Crippen LogP contribution in [0.4, 0.5) is 30.7 Å². The van der Waals surface area contributed by atoms with Gasteiger partial charge in [0.1, 0.15) is 18.3 Å². The smallest absolute Gasteiger partial charge is 0.490 e. The fourth-order valence-electron chi connectivity index (χ4n) is 5.92. The first-order valence-electron chi connectivity index (χ1n) is 17.0. The lowest BCUT2D eigenvalue weighted by molar-refractivity contribution is -0.926. The summed E-state index contributed by atoms with van der Waals surface area (Å²) in [6, 6.07) is 21.4. The zero-order valence-corrected chi connectivity index (χ0v) is 30.1. The predicted octanol–water partition coefficient (Wildman–Crippen LogP) is 3.57. The number of carboxylic acids is 2. The van der Waals surface area contributed by atoms with Crippen molar-refractivity contribution < 1.29 is 64.6 Å². The molecule has 1 atom stereocenters. The van der Waals surface area contributed by atoms with Crippen LogP contribution in [0.15, 0.2) is 66.7 Å². The van der Waals surface area contributed by atoms with Gasteiger partial charge >= 0.3 is 18.3 Å². The second kappa shape index (κ2) is 19.5. The molecule has 2 heterocycles. The van der Waals surface area contributed by atoms with Gasteiger partial charge in [0.25, 0.3) is 5.91 Å². The highest BCUT2D eigenvalue weighted by atomic mass is 19.4. The lowest BCUT2D eigenvalue weighted by atomic mass is 10.00. The van der Waals surface area contributed by atoms with Gasteiger partial charge in [-0.05, 0) is 53.9 Å². The van der Waals surface area contributed by atoms with Gasteiger partial charge in [-0.25, -0.2) is 9.18 Å². The number of alkyl halides is 6. The lowest BCUT2D eigenvalue weighted by Crippen LogP contribution is -2.56. The Bertz CT molecular complexity index is 1760. The van der Waals surface area contributed by atoms with Crippen LogP contribution < -0.4 is 15.7 Å². The lowest BCUT2D eigenvalue weighted by Gasteiger charge is -2.41. The molecule has 0 bridgehead atoms. The summed E-state index contributed by atoms with van der Waals surface area (Å²) < 4.78 is 79.1. The molecule has 0 unspecified atom stereocenters. The zero-order valence-electron chi connectivity index (χ0n) is 30.1. The third-order valence-corrected chi connectivity index (χ3v) is 8.81. The van der Waals surface area contributed by atoms with Gasteiger partial charge in [0, 0.05) is 55.5 Å². The highest BCUT2D eigenvalue weighted by Crippen LogP contribution is 2.26. The highest BCUT2D eigenvalue weighted by molar-refractivity contribution is 5.94. The average molecular weight is 786 g/mol. The van der Waals surface area contributed by atoms with E-state index in [1.807, 2.05) is 41.3 Å². The molecule has 0 radical (unpaired) electrons. The number of hydrogen-bond donors (Lipinski definition) is 3. The summed E-state index contributed by atoms with van der Waals surface area (Å²) in [5.41, 5.74) is 5.10. The topological polar surface area (TPSA) is 142 Å². The molecule has 55 heavy (non-hydrogen) atoms. The molecule has 0 aliphatic carbocycles. The minimum Gasteiger partial charge on any atom is -0.542 e. The number of likely N-dealkylation sites (N-methyl/N-ethyl adjacent to an activating group) is 1. The molecule has 2 aliphatic heterocycles. The third kappa shape index (κ3) is 14.6. The van der Waals surface area contributed by atoms with E-state index in [1.165, 1.54) is 6.07 Å². The number of nitrogens with one attached hydrogen (secondary N) is 2. The van der Waals surface area contributed by atoms with Crippen molar-refractivity contribution in [2.75, 3.05) is 52.9 Å². The molecule has 2 saturated heterocycles. The number of aliphatic carboxylic acids is 2. The summed E-state index contributed by atoms with van der Waals surface area (Å²) in [6.45, 7) is 10.4. The molecule has 3 N–H and O–H groups in total. The largest absolute Gasteiger partial charge is 0.542 e. The van der Waals surface area contributed by atoms with Crippen LogP contribution >= 0.6 is 0 Å². The molecular formula is C37H42F7N5O6. The standard InChI is InChI=1S/C33H40FN5O2.2C2HF3O2/c1-25-21-38(12-11-35-25)22-27-5-3-7-29(17-27)31-19-26(9-10-32(31)34)20-36-33(41)30-8-4-6-28(18-30)23-39(2)15-13-37(24-40)14-16-39;2*3-2(4,5)1(6)7/h3-10,17-19,24-25,35H,11-16,20-23H2,1-2H3;2*(H,6,7)/t25-;;/m0../s1. The first-order chi connectivity index (χ1) is 25.7. The summed E-state index contributed by atoms with van der Waals surface area (Å²) >= 11 is 0. The number of quaternary nitrogens is 1. The van der Waals surface area contributed by atoms with Crippen molar-refractivity contribution in [3.05, 3.63) is 94.8 Å². The minimum atomic E-state index is -5.19. The van der Waals surface area contributed by atoms with Gasteiger partial charge in [0.05, 0.1) is 33.2 Å². The molecule has 3 aromatic carbocycles. The van der Waals surface area contributed by atoms with Gasteiger partial charge in [-0.15, -0.1) is 0 Å². The van der Waals surface area contributed by atoms with Gasteiger partial charge in [-0.1, -0.05) is 36.4 Å². The number of amides is 2. The Hall–Kier alpha value is -5.07. The molecule has 18 heteroatoms. The van der Waals surface area contributed by atoms with E-state index in [-0.39, 0.29) is 11.7 Å². The normalized spacial score (nSPS) is 17.1. The third-order valence-electron chi connectivity index (χ3n) is 8.81. The minimum absolute atomic E-state index is 0.154. The summed E-state index contributed by atoms with van der Waals surface area (Å²) in [6.07, 6.45) is -9.36. The Morgan fingerprint density at radius 1 is 0.927 bits per heavy atom. The molecule has 2 amide bonds. The van der Waals surface area contributed by atoms with Crippen LogP contribution in [0.1, 0.15) is 34.0 Å². The van der Waals surface area contributed by atoms with Crippen LogP contribution in [0, 0.1) is 5.82 Å². The Labute approximate surface area is 312 Å². The molecular weight excluding hydrogens is 743 g/mol. The van der Waals surface area contributed by atoms with Gasteiger partial charge < -0.3 is 35.0 Å². The quantitative estimate of drug-likeness (QED) is 0.170. The van der Waals surface area contributed by atoms with Crippen LogP contribution in [-0.2, 0) is 34.0 Å². The van der Waals surface area contributed by atoms with Gasteiger partial charge in [0.15, 0.2) is 0 Å². The maximum absolute atomic E-state index is 14.9. The Balaban J connectivity index is 0.000000494. The molecule has 2 fully saturated rings. The van der Waals surface area contributed by atoms with E-state index in [9.17, 15) is 40.3 Å². The number of nitrogens with zero attached hydrogens (tertiary/aromatic N) is 3. The van der Waals surface area contributed by atoms with Gasteiger partial charge in [0.2, 0.25) is 6.41 Å². The number of carbonyl (C=O) groups excluding carboxylic acids is 3. The first-order valence-corrected chi connectivity index (χ1v) is 17.0. The number of hydrogen-bond acceptors (Lipinski definition) is 7. The SMILES string of the molecule is C[C@H]1CN(Cc2cccc(-c3cc(CNC(=O)c4cccc(C[N+]5(C)CCN(C=O)CC5)c4)ccc3F)c2)CCN1.O=C(O)C(F)(F)F.O=C([O-])C(F)(F)F. The van der Waals surface area contributed by atoms with Crippen molar-refractivity contribution >= 4 is 24.3 Å². The molecule has 2 aliphatic rings. The van der Waals surface area contributed by atoms with E-state index in [1.54, 1.807) is 6.07 Å². The maximum Gasteiger partial charge on any atom is 0.490 e. The first kappa shape index (κ1) is 44.3. The maximum atomic E-state index is 14.9. The molecule has 0 saturated carbocycles. The van der Waals surface area contributed by atoms with E-state index < -0.39 is 24.3 Å². The van der Waals surface area contributed by atoms with Crippen molar-refractivity contribution in [2.24, 2.45) is 0 Å². The molecule has 300 valence electrons. The number of rotatable bonds is 9. The number of halogens is 7. The van der Waals surface area contributed by atoms with Gasteiger partial charge in [-0.3, -0.25) is 14.5 Å². The highest BCUT2D eigenvalue weighted by Gasteiger charge is 2.38. The van der Waals surface area contributed by atoms with E-state index in [2.05, 4.69) is 47.7 Å². The van der Waals surface area contributed by atoms with Gasteiger partial charge in [-0.2, -0.15) is 26.3 Å². The molecule has 11 nitrogen and oxygen atoms in total. The second-order valence-electron chi connectivity index (χ2n) is 13.4. The fourth-order valence-corrected chi connectivity index (χ4v) is 5.92. The van der Waals surface area contributed by atoms with E-state index in [4.69, 9.17) is 19.8 Å². The molecule has 0 spiro atoms. The molecule has 5 rings (SSSR count). The molecule has 0 aromatic heterocycles. The fraction of sp³-hybridized carbons (Fsp3) is 0.405. The second-order valence-corrected chi connectivity index (χ2v) is 13.4. The Kier molecular flexibility index (Phi) is 15.7. The van der Waals surface area contributed by atoms with Crippen LogP contribution in [0.3, 0.4) is 0 Å². The van der Waals surface area contributed by atoms with Crippen LogP contribution in [-0.4, -0.2) is 115 Å². The number of carbonyl (C=O) groups is 4. The van der Waals surface area contributed by atoms with E-state index in [0.717, 1.165) is 92.0 Å². The number of carboxylic acid groups (broad SMARTS) is 2. The molecule has 3 aromatic rings.